The van der Waals surface area contributed by atoms with Gasteiger partial charge in [0, 0.05) is 29.6 Å². The number of nitrogens with zero attached hydrogens (tertiary/aromatic N) is 2. The summed E-state index contributed by atoms with van der Waals surface area (Å²) in [5, 5.41) is 10.1. The van der Waals surface area contributed by atoms with Gasteiger partial charge in [-0.1, -0.05) is 17.7 Å². The van der Waals surface area contributed by atoms with Gasteiger partial charge >= 0.3 is 6.03 Å². The zero-order chi connectivity index (χ0) is 12.8. The second-order valence-electron chi connectivity index (χ2n) is 3.66. The largest absolute Gasteiger partial charge is 0.336 e. The Hall–Kier alpha value is -2.01. The van der Waals surface area contributed by atoms with Crippen molar-refractivity contribution in [2.45, 2.75) is 6.54 Å². The smallest absolute Gasteiger partial charge is 0.319 e. The molecule has 1 aromatic carbocycles. The van der Waals surface area contributed by atoms with Crippen LogP contribution in [-0.4, -0.2) is 22.4 Å². The predicted molar refractivity (Wildman–Crippen MR) is 70.7 cm³/mol. The molecule has 1 heterocycles. The third kappa shape index (κ3) is 3.78. The molecule has 0 bridgehead atoms. The molecule has 5 nitrogen and oxygen atoms in total. The fourth-order valence-corrected chi connectivity index (χ4v) is 1.65. The first-order valence-electron chi connectivity index (χ1n) is 5.52. The van der Waals surface area contributed by atoms with Crippen molar-refractivity contribution in [3.05, 3.63) is 47.7 Å². The number of urea groups is 1. The maximum absolute atomic E-state index is 11.6. The molecule has 2 amide bonds. The first-order valence-corrected chi connectivity index (χ1v) is 5.90. The van der Waals surface area contributed by atoms with Gasteiger partial charge in [0.1, 0.15) is 0 Å². The van der Waals surface area contributed by atoms with E-state index >= 15 is 0 Å². The van der Waals surface area contributed by atoms with Gasteiger partial charge in [-0.2, -0.15) is 5.10 Å². The molecule has 6 heteroatoms. The van der Waals surface area contributed by atoms with E-state index in [1.807, 2.05) is 12.3 Å². The van der Waals surface area contributed by atoms with Crippen LogP contribution in [0.4, 0.5) is 10.5 Å². The SMILES string of the molecule is O=C(NCCn1cccn1)Nc1cccc(Cl)c1. The van der Waals surface area contributed by atoms with E-state index in [-0.39, 0.29) is 6.03 Å². The Bertz CT molecular complexity index is 513. The monoisotopic (exact) mass is 264 g/mol. The molecule has 2 aromatic rings. The number of nitrogens with one attached hydrogen (secondary N) is 2. The highest BCUT2D eigenvalue weighted by Crippen LogP contribution is 2.14. The Kier molecular flexibility index (Phi) is 4.20. The van der Waals surface area contributed by atoms with E-state index in [0.717, 1.165) is 0 Å². The van der Waals surface area contributed by atoms with Crippen LogP contribution in [0, 0.1) is 0 Å². The van der Waals surface area contributed by atoms with Crippen molar-refractivity contribution in [1.82, 2.24) is 15.1 Å². The molecule has 0 aliphatic rings. The van der Waals surface area contributed by atoms with E-state index in [2.05, 4.69) is 15.7 Å². The third-order valence-electron chi connectivity index (χ3n) is 2.27. The first kappa shape index (κ1) is 12.4. The summed E-state index contributed by atoms with van der Waals surface area (Å²) in [5.74, 6) is 0. The van der Waals surface area contributed by atoms with Crippen molar-refractivity contribution in [1.29, 1.82) is 0 Å². The predicted octanol–water partition coefficient (Wildman–Crippen LogP) is 2.36. The molecule has 2 rings (SSSR count). The quantitative estimate of drug-likeness (QED) is 0.891. The third-order valence-corrected chi connectivity index (χ3v) is 2.50. The second-order valence-corrected chi connectivity index (χ2v) is 4.10. The standard InChI is InChI=1S/C12H13ClN4O/c13-10-3-1-4-11(9-10)16-12(18)14-6-8-17-7-2-5-15-17/h1-5,7,9H,6,8H2,(H2,14,16,18). The van der Waals surface area contributed by atoms with Crippen LogP contribution in [0.15, 0.2) is 42.7 Å². The van der Waals surface area contributed by atoms with Gasteiger partial charge in [0.05, 0.1) is 6.54 Å². The van der Waals surface area contributed by atoms with Crippen molar-refractivity contribution in [2.24, 2.45) is 0 Å². The average molecular weight is 265 g/mol. The number of carbonyl (C=O) groups is 1. The Labute approximate surface area is 110 Å². The molecular weight excluding hydrogens is 252 g/mol. The van der Waals surface area contributed by atoms with Crippen molar-refractivity contribution < 1.29 is 4.79 Å². The molecule has 0 spiro atoms. The van der Waals surface area contributed by atoms with Gasteiger partial charge in [-0.25, -0.2) is 4.79 Å². The molecule has 1 aromatic heterocycles. The lowest BCUT2D eigenvalue weighted by Gasteiger charge is -2.07. The van der Waals surface area contributed by atoms with Crippen LogP contribution in [0.5, 0.6) is 0 Å². The van der Waals surface area contributed by atoms with Gasteiger partial charge in [-0.15, -0.1) is 0 Å². The summed E-state index contributed by atoms with van der Waals surface area (Å²) in [5.41, 5.74) is 0.666. The van der Waals surface area contributed by atoms with Crippen LogP contribution in [0.25, 0.3) is 0 Å². The fourth-order valence-electron chi connectivity index (χ4n) is 1.46. The highest BCUT2D eigenvalue weighted by Gasteiger charge is 2.01. The molecule has 0 aliphatic carbocycles. The van der Waals surface area contributed by atoms with Crippen LogP contribution in [0.1, 0.15) is 0 Å². The number of rotatable bonds is 4. The van der Waals surface area contributed by atoms with E-state index in [1.54, 1.807) is 35.1 Å². The number of anilines is 1. The van der Waals surface area contributed by atoms with E-state index < -0.39 is 0 Å². The molecule has 0 radical (unpaired) electrons. The number of benzene rings is 1. The average Bonchev–Trinajstić information content (AvgIpc) is 2.82. The van der Waals surface area contributed by atoms with Gasteiger partial charge < -0.3 is 10.6 Å². The lowest BCUT2D eigenvalue weighted by Crippen LogP contribution is -2.31. The Morgan fingerprint density at radius 3 is 3.00 bits per heavy atom. The summed E-state index contributed by atoms with van der Waals surface area (Å²) in [7, 11) is 0. The maximum atomic E-state index is 11.6. The fraction of sp³-hybridized carbons (Fsp3) is 0.167. The Morgan fingerprint density at radius 1 is 1.39 bits per heavy atom. The highest BCUT2D eigenvalue weighted by atomic mass is 35.5. The van der Waals surface area contributed by atoms with Gasteiger partial charge in [-0.05, 0) is 24.3 Å². The highest BCUT2D eigenvalue weighted by molar-refractivity contribution is 6.30. The molecular formula is C12H13ClN4O. The van der Waals surface area contributed by atoms with Crippen LogP contribution < -0.4 is 10.6 Å². The zero-order valence-electron chi connectivity index (χ0n) is 9.64. The summed E-state index contributed by atoms with van der Waals surface area (Å²) < 4.78 is 1.75. The number of hydrogen-bond acceptors (Lipinski definition) is 2. The Balaban J connectivity index is 1.75. The minimum absolute atomic E-state index is 0.260. The number of hydrogen-bond donors (Lipinski definition) is 2. The summed E-state index contributed by atoms with van der Waals surface area (Å²) in [6, 6.07) is 8.58. The van der Waals surface area contributed by atoms with E-state index in [4.69, 9.17) is 11.6 Å². The number of amides is 2. The van der Waals surface area contributed by atoms with E-state index in [9.17, 15) is 4.79 Å². The molecule has 0 fully saturated rings. The molecule has 0 saturated carbocycles. The topological polar surface area (TPSA) is 59.0 Å². The van der Waals surface area contributed by atoms with Crippen molar-refractivity contribution in [3.63, 3.8) is 0 Å². The lowest BCUT2D eigenvalue weighted by atomic mass is 10.3. The summed E-state index contributed by atoms with van der Waals surface area (Å²) in [6.45, 7) is 1.14. The molecule has 0 aliphatic heterocycles. The summed E-state index contributed by atoms with van der Waals surface area (Å²) >= 11 is 5.82. The molecule has 18 heavy (non-hydrogen) atoms. The van der Waals surface area contributed by atoms with Crippen LogP contribution in [0.3, 0.4) is 0 Å². The number of carbonyl (C=O) groups excluding carboxylic acids is 1. The normalized spacial score (nSPS) is 10.1. The molecule has 0 atom stereocenters. The first-order chi connectivity index (χ1) is 8.74. The molecule has 0 saturated heterocycles. The van der Waals surface area contributed by atoms with E-state index in [0.29, 0.717) is 23.8 Å². The molecule has 94 valence electrons. The van der Waals surface area contributed by atoms with Gasteiger partial charge in [0.15, 0.2) is 0 Å². The summed E-state index contributed by atoms with van der Waals surface area (Å²) in [4.78, 5) is 11.6. The van der Waals surface area contributed by atoms with Crippen LogP contribution >= 0.6 is 11.6 Å². The molecule has 2 N–H and O–H groups in total. The van der Waals surface area contributed by atoms with Crippen LogP contribution in [0.2, 0.25) is 5.02 Å². The van der Waals surface area contributed by atoms with Gasteiger partial charge in [0.2, 0.25) is 0 Å². The number of aromatic nitrogens is 2. The Morgan fingerprint density at radius 2 is 2.28 bits per heavy atom. The zero-order valence-corrected chi connectivity index (χ0v) is 10.4. The van der Waals surface area contributed by atoms with E-state index in [1.165, 1.54) is 0 Å². The van der Waals surface area contributed by atoms with Crippen LogP contribution in [-0.2, 0) is 6.54 Å². The lowest BCUT2D eigenvalue weighted by molar-refractivity contribution is 0.251. The second kappa shape index (κ2) is 6.07. The van der Waals surface area contributed by atoms with Gasteiger partial charge in [-0.3, -0.25) is 4.68 Å². The maximum Gasteiger partial charge on any atom is 0.319 e. The van der Waals surface area contributed by atoms with Gasteiger partial charge in [0.25, 0.3) is 0 Å². The summed E-state index contributed by atoms with van der Waals surface area (Å²) in [6.07, 6.45) is 3.54. The molecule has 0 unspecified atom stereocenters. The van der Waals surface area contributed by atoms with Crippen molar-refractivity contribution in [3.8, 4) is 0 Å². The number of halogens is 1. The van der Waals surface area contributed by atoms with Crippen molar-refractivity contribution in [2.75, 3.05) is 11.9 Å². The van der Waals surface area contributed by atoms with Crippen molar-refractivity contribution >= 4 is 23.3 Å². The minimum atomic E-state index is -0.260. The minimum Gasteiger partial charge on any atom is -0.336 e.